The molecule has 224 valence electrons. The Kier molecular flexibility index (Phi) is 10.5. The molecular weight excluding hydrogens is 542 g/mol. The van der Waals surface area contributed by atoms with E-state index in [0.29, 0.717) is 25.1 Å². The number of hydrogen-bond donors (Lipinski definition) is 5. The number of aliphatic hydroxyl groups is 1. The maximum Gasteiger partial charge on any atom is 0.255 e. The summed E-state index contributed by atoms with van der Waals surface area (Å²) >= 11 is 0. The predicted octanol–water partition coefficient (Wildman–Crippen LogP) is 0.378. The lowest BCUT2D eigenvalue weighted by Crippen LogP contribution is -2.55. The van der Waals surface area contributed by atoms with Crippen molar-refractivity contribution in [2.75, 3.05) is 19.7 Å². The van der Waals surface area contributed by atoms with Gasteiger partial charge in [0.1, 0.15) is 17.8 Å². The van der Waals surface area contributed by atoms with Crippen molar-refractivity contribution >= 4 is 29.5 Å². The molecule has 0 spiro atoms. The zero-order valence-corrected chi connectivity index (χ0v) is 23.6. The minimum Gasteiger partial charge on any atom is -0.493 e. The van der Waals surface area contributed by atoms with Gasteiger partial charge in [-0.1, -0.05) is 36.4 Å². The Morgan fingerprint density at radius 1 is 1.07 bits per heavy atom. The number of amides is 5. The number of hydrogen-bond acceptors (Lipinski definition) is 7. The smallest absolute Gasteiger partial charge is 0.255 e. The van der Waals surface area contributed by atoms with Gasteiger partial charge in [0.05, 0.1) is 24.7 Å². The van der Waals surface area contributed by atoms with E-state index in [0.717, 1.165) is 24.1 Å². The molecule has 5 amide bonds. The van der Waals surface area contributed by atoms with Crippen LogP contribution in [0, 0.1) is 0 Å². The number of aliphatic hydroxyl groups excluding tert-OH is 1. The molecule has 5 N–H and O–H groups in total. The molecule has 1 saturated heterocycles. The second kappa shape index (κ2) is 14.4. The molecule has 4 rings (SSSR count). The number of nitrogens with one attached hydrogen (secondary N) is 4. The van der Waals surface area contributed by atoms with Crippen LogP contribution >= 0.6 is 0 Å². The van der Waals surface area contributed by atoms with Crippen molar-refractivity contribution in [1.29, 1.82) is 0 Å². The highest BCUT2D eigenvalue weighted by Crippen LogP contribution is 2.19. The first-order valence-corrected chi connectivity index (χ1v) is 14.1. The third kappa shape index (κ3) is 8.29. The summed E-state index contributed by atoms with van der Waals surface area (Å²) in [6, 6.07) is 11.5. The molecule has 0 aliphatic carbocycles. The average Bonchev–Trinajstić information content (AvgIpc) is 3.37. The molecule has 0 saturated carbocycles. The maximum atomic E-state index is 13.3. The average molecular weight is 580 g/mol. The molecule has 0 bridgehead atoms. The van der Waals surface area contributed by atoms with E-state index in [1.54, 1.807) is 29.2 Å². The van der Waals surface area contributed by atoms with Crippen molar-refractivity contribution in [1.82, 2.24) is 26.2 Å². The van der Waals surface area contributed by atoms with Crippen LogP contribution in [-0.4, -0.2) is 77.4 Å². The first kappa shape index (κ1) is 30.5. The van der Waals surface area contributed by atoms with Crippen molar-refractivity contribution in [3.63, 3.8) is 0 Å². The number of ether oxygens (including phenoxy) is 1. The van der Waals surface area contributed by atoms with Crippen LogP contribution in [0.1, 0.15) is 54.1 Å². The van der Waals surface area contributed by atoms with Crippen molar-refractivity contribution in [3.05, 3.63) is 65.2 Å². The number of rotatable bonds is 6. The van der Waals surface area contributed by atoms with Crippen LogP contribution in [0.2, 0.25) is 0 Å². The lowest BCUT2D eigenvalue weighted by molar-refractivity contribution is -0.133. The lowest BCUT2D eigenvalue weighted by Gasteiger charge is -2.23. The molecule has 2 aromatic carbocycles. The Balaban J connectivity index is 1.50. The third-order valence-electron chi connectivity index (χ3n) is 7.11. The van der Waals surface area contributed by atoms with Crippen molar-refractivity contribution in [2.45, 2.75) is 63.9 Å². The highest BCUT2D eigenvalue weighted by atomic mass is 16.5. The van der Waals surface area contributed by atoms with Crippen LogP contribution in [0.4, 0.5) is 0 Å². The number of fused-ring (bicyclic) bond motifs is 1. The first-order valence-electron chi connectivity index (χ1n) is 14.1. The Bertz CT molecular complexity index is 1310. The van der Waals surface area contributed by atoms with Crippen molar-refractivity contribution < 1.29 is 33.8 Å². The molecule has 2 aliphatic rings. The molecule has 12 nitrogen and oxygen atoms in total. The maximum absolute atomic E-state index is 13.3. The summed E-state index contributed by atoms with van der Waals surface area (Å²) in [7, 11) is 0. The van der Waals surface area contributed by atoms with E-state index in [1.165, 1.54) is 6.92 Å². The number of benzene rings is 2. The molecule has 0 radical (unpaired) electrons. The van der Waals surface area contributed by atoms with Crippen molar-refractivity contribution in [3.8, 4) is 5.75 Å². The minimum atomic E-state index is -1.29. The predicted molar refractivity (Wildman–Crippen MR) is 152 cm³/mol. The lowest BCUT2D eigenvalue weighted by atomic mass is 10.1. The largest absolute Gasteiger partial charge is 0.493 e. The zero-order valence-electron chi connectivity index (χ0n) is 23.6. The monoisotopic (exact) mass is 579 g/mol. The van der Waals surface area contributed by atoms with Gasteiger partial charge in [0.25, 0.3) is 5.91 Å². The summed E-state index contributed by atoms with van der Waals surface area (Å²) in [6.07, 6.45) is 0.135. The van der Waals surface area contributed by atoms with E-state index in [2.05, 4.69) is 21.3 Å². The van der Waals surface area contributed by atoms with Gasteiger partial charge in [0.15, 0.2) is 0 Å². The van der Waals surface area contributed by atoms with Crippen LogP contribution in [0.25, 0.3) is 0 Å². The van der Waals surface area contributed by atoms with Gasteiger partial charge in [-0.05, 0) is 43.0 Å². The first-order chi connectivity index (χ1) is 20.2. The summed E-state index contributed by atoms with van der Waals surface area (Å²) in [5.41, 5.74) is 1.91. The second-order valence-corrected chi connectivity index (χ2v) is 10.5. The van der Waals surface area contributed by atoms with Crippen LogP contribution in [0.5, 0.6) is 5.75 Å². The molecule has 0 aromatic heterocycles. The molecular formula is C30H37N5O7. The van der Waals surface area contributed by atoms with E-state index in [9.17, 15) is 29.1 Å². The van der Waals surface area contributed by atoms with E-state index in [-0.39, 0.29) is 31.2 Å². The Morgan fingerprint density at radius 2 is 1.86 bits per heavy atom. The Labute approximate surface area is 244 Å². The molecule has 12 heteroatoms. The molecule has 3 atom stereocenters. The fourth-order valence-corrected chi connectivity index (χ4v) is 4.87. The van der Waals surface area contributed by atoms with E-state index >= 15 is 0 Å². The van der Waals surface area contributed by atoms with Crippen LogP contribution in [0.15, 0.2) is 48.5 Å². The Morgan fingerprint density at radius 3 is 2.62 bits per heavy atom. The SMILES string of the molecule is C[C@@H](O)[C@@H]1NC(=O)C[C@@H](C(=O)NCc2cccc(CN3CCCC3=O)c2)NC(=O)c2ccccc2OCCCNC1=O. The summed E-state index contributed by atoms with van der Waals surface area (Å²) in [6.45, 7) is 3.12. The molecule has 42 heavy (non-hydrogen) atoms. The topological polar surface area (TPSA) is 166 Å². The highest BCUT2D eigenvalue weighted by Gasteiger charge is 2.30. The highest BCUT2D eigenvalue weighted by molar-refractivity contribution is 6.01. The van der Waals surface area contributed by atoms with Crippen LogP contribution in [0.3, 0.4) is 0 Å². The number of carbonyl (C=O) groups excluding carboxylic acids is 5. The van der Waals surface area contributed by atoms with E-state index < -0.39 is 48.2 Å². The standard InChI is InChI=1S/C30H37N5O7/c1-19(36)27-30(41)31-12-6-14-42-24-10-3-2-9-22(24)28(39)33-23(16-25(37)34-27)29(40)32-17-20-7-4-8-21(15-20)18-35-13-5-11-26(35)38/h2-4,7-10,15,19,23,27,36H,5-6,11-14,16-18H2,1H3,(H,31,41)(H,32,40)(H,33,39)(H,34,37)/t19-,23+,27+/m1/s1. The normalized spacial score (nSPS) is 21.0. The zero-order chi connectivity index (χ0) is 30.1. The molecule has 2 heterocycles. The molecule has 0 unspecified atom stereocenters. The third-order valence-corrected chi connectivity index (χ3v) is 7.11. The van der Waals surface area contributed by atoms with Gasteiger partial charge >= 0.3 is 0 Å². The van der Waals surface area contributed by atoms with Crippen LogP contribution < -0.4 is 26.0 Å². The summed E-state index contributed by atoms with van der Waals surface area (Å²) in [5.74, 6) is -2.07. The van der Waals surface area contributed by atoms with E-state index in [4.69, 9.17) is 4.74 Å². The van der Waals surface area contributed by atoms with Gasteiger partial charge in [-0.2, -0.15) is 0 Å². The summed E-state index contributed by atoms with van der Waals surface area (Å²) in [5, 5.41) is 20.7. The summed E-state index contributed by atoms with van der Waals surface area (Å²) < 4.78 is 5.76. The van der Waals surface area contributed by atoms with Gasteiger partial charge < -0.3 is 36.0 Å². The van der Waals surface area contributed by atoms with Gasteiger partial charge in [0, 0.05) is 32.6 Å². The van der Waals surface area contributed by atoms with Crippen molar-refractivity contribution in [2.24, 2.45) is 0 Å². The molecule has 2 aliphatic heterocycles. The quantitative estimate of drug-likeness (QED) is 0.330. The number of likely N-dealkylation sites (tertiary alicyclic amines) is 1. The summed E-state index contributed by atoms with van der Waals surface area (Å²) in [4.78, 5) is 66.0. The molecule has 2 aromatic rings. The second-order valence-electron chi connectivity index (χ2n) is 10.5. The number of nitrogens with zero attached hydrogens (tertiary/aromatic N) is 1. The fourth-order valence-electron chi connectivity index (χ4n) is 4.87. The van der Waals surface area contributed by atoms with Gasteiger partial charge in [0.2, 0.25) is 23.6 Å². The van der Waals surface area contributed by atoms with E-state index in [1.807, 2.05) is 24.3 Å². The Hall–Kier alpha value is -4.45. The fraction of sp³-hybridized carbons (Fsp3) is 0.433. The molecule has 1 fully saturated rings. The minimum absolute atomic E-state index is 0.118. The number of para-hydroxylation sites is 1. The van der Waals surface area contributed by atoms with Gasteiger partial charge in [-0.25, -0.2) is 0 Å². The number of carbonyl (C=O) groups is 5. The van der Waals surface area contributed by atoms with Gasteiger partial charge in [-0.3, -0.25) is 24.0 Å². The van der Waals surface area contributed by atoms with Gasteiger partial charge in [-0.15, -0.1) is 0 Å². The van der Waals surface area contributed by atoms with Crippen LogP contribution in [-0.2, 0) is 32.3 Å².